The molecule has 0 saturated heterocycles. The van der Waals surface area contributed by atoms with E-state index < -0.39 is 23.6 Å². The van der Waals surface area contributed by atoms with Gasteiger partial charge in [-0.15, -0.1) is 11.8 Å². The highest BCUT2D eigenvalue weighted by Crippen LogP contribution is 2.31. The van der Waals surface area contributed by atoms with Crippen molar-refractivity contribution >= 4 is 23.6 Å². The largest absolute Gasteiger partial charge is 0.364 e. The summed E-state index contributed by atoms with van der Waals surface area (Å²) >= 11 is 1.36. The van der Waals surface area contributed by atoms with Crippen molar-refractivity contribution in [1.82, 2.24) is 4.90 Å². The topological polar surface area (TPSA) is 77.8 Å². The van der Waals surface area contributed by atoms with Crippen molar-refractivity contribution in [3.8, 4) is 0 Å². The van der Waals surface area contributed by atoms with Gasteiger partial charge >= 0.3 is 0 Å². The molecule has 2 N–H and O–H groups in total. The zero-order chi connectivity index (χ0) is 17.3. The lowest BCUT2D eigenvalue weighted by Gasteiger charge is -2.33. The summed E-state index contributed by atoms with van der Waals surface area (Å²) < 4.78 is 0. The fourth-order valence-corrected chi connectivity index (χ4v) is 3.82. The lowest BCUT2D eigenvalue weighted by atomic mass is 10.1. The number of fused-ring (bicyclic) bond motifs is 1. The van der Waals surface area contributed by atoms with E-state index in [0.717, 1.165) is 9.80 Å². The highest BCUT2D eigenvalue weighted by atomic mass is 32.2. The van der Waals surface area contributed by atoms with Crippen LogP contribution in [-0.2, 0) is 0 Å². The fourth-order valence-electron chi connectivity index (χ4n) is 2.66. The second kappa shape index (κ2) is 6.39. The SMILES string of the molecule is CC(O)(O)[C@@H](CSc1ccccc1)N1C(=O)c2ccccc2C1=O. The van der Waals surface area contributed by atoms with Crippen LogP contribution in [-0.4, -0.2) is 44.5 Å². The van der Waals surface area contributed by atoms with E-state index in [4.69, 9.17) is 0 Å². The van der Waals surface area contributed by atoms with E-state index >= 15 is 0 Å². The van der Waals surface area contributed by atoms with E-state index in [9.17, 15) is 19.8 Å². The van der Waals surface area contributed by atoms with Crippen LogP contribution in [0.3, 0.4) is 0 Å². The van der Waals surface area contributed by atoms with Crippen molar-refractivity contribution in [2.45, 2.75) is 23.6 Å². The minimum Gasteiger partial charge on any atom is -0.364 e. The first-order valence-corrected chi connectivity index (χ1v) is 8.47. The molecule has 1 heterocycles. The third kappa shape index (κ3) is 3.08. The predicted molar refractivity (Wildman–Crippen MR) is 90.7 cm³/mol. The number of carbonyl (C=O) groups excluding carboxylic acids is 2. The van der Waals surface area contributed by atoms with Crippen LogP contribution in [0.15, 0.2) is 59.5 Å². The summed E-state index contributed by atoms with van der Waals surface area (Å²) in [5.74, 6) is -3.01. The zero-order valence-electron chi connectivity index (χ0n) is 13.0. The van der Waals surface area contributed by atoms with Gasteiger partial charge in [-0.25, -0.2) is 0 Å². The number of benzene rings is 2. The molecule has 0 unspecified atom stereocenters. The molecule has 5 nitrogen and oxygen atoms in total. The van der Waals surface area contributed by atoms with Crippen molar-refractivity contribution in [2.75, 3.05) is 5.75 Å². The minimum atomic E-state index is -2.20. The molecule has 0 radical (unpaired) electrons. The molecule has 0 spiro atoms. The average Bonchev–Trinajstić information content (AvgIpc) is 2.80. The number of nitrogens with zero attached hydrogens (tertiary/aromatic N) is 1. The second-order valence-electron chi connectivity index (χ2n) is 5.76. The van der Waals surface area contributed by atoms with Crippen LogP contribution in [0.2, 0.25) is 0 Å². The Labute approximate surface area is 143 Å². The molecule has 0 fully saturated rings. The van der Waals surface area contributed by atoms with Gasteiger partial charge in [0.05, 0.1) is 11.1 Å². The molecule has 2 aromatic carbocycles. The maximum atomic E-state index is 12.6. The molecule has 0 aliphatic carbocycles. The first kappa shape index (κ1) is 16.7. The van der Waals surface area contributed by atoms with Crippen LogP contribution in [0, 0.1) is 0 Å². The van der Waals surface area contributed by atoms with Gasteiger partial charge in [-0.2, -0.15) is 0 Å². The first-order chi connectivity index (χ1) is 11.4. The Hall–Kier alpha value is -2.15. The molecule has 0 aromatic heterocycles. The summed E-state index contributed by atoms with van der Waals surface area (Å²) in [6.07, 6.45) is 0. The molecule has 0 saturated carbocycles. The van der Waals surface area contributed by atoms with Gasteiger partial charge in [-0.3, -0.25) is 14.5 Å². The Kier molecular flexibility index (Phi) is 4.45. The van der Waals surface area contributed by atoms with E-state index in [1.165, 1.54) is 18.7 Å². The van der Waals surface area contributed by atoms with E-state index in [1.807, 2.05) is 30.3 Å². The molecule has 2 amide bonds. The van der Waals surface area contributed by atoms with E-state index in [1.54, 1.807) is 24.3 Å². The fraction of sp³-hybridized carbons (Fsp3) is 0.222. The van der Waals surface area contributed by atoms with Gasteiger partial charge in [0, 0.05) is 10.6 Å². The van der Waals surface area contributed by atoms with Crippen molar-refractivity contribution in [1.29, 1.82) is 0 Å². The predicted octanol–water partition coefficient (Wildman–Crippen LogP) is 2.14. The molecular weight excluding hydrogens is 326 g/mol. The van der Waals surface area contributed by atoms with Crippen LogP contribution in [0.4, 0.5) is 0 Å². The molecule has 1 atom stereocenters. The standard InChI is InChI=1S/C18H17NO4S/c1-18(22,23)15(11-24-12-7-3-2-4-8-12)19-16(20)13-9-5-6-10-14(13)17(19)21/h2-10,15,22-23H,11H2,1H3/t15-/m1/s1. The van der Waals surface area contributed by atoms with Crippen LogP contribution in [0.1, 0.15) is 27.6 Å². The quantitative estimate of drug-likeness (QED) is 0.494. The van der Waals surface area contributed by atoms with Crippen molar-refractivity contribution in [3.63, 3.8) is 0 Å². The van der Waals surface area contributed by atoms with Gasteiger partial charge in [-0.1, -0.05) is 30.3 Å². The number of carbonyl (C=O) groups is 2. The lowest BCUT2D eigenvalue weighted by molar-refractivity contribution is -0.175. The molecule has 24 heavy (non-hydrogen) atoms. The maximum Gasteiger partial charge on any atom is 0.262 e. The number of imide groups is 1. The smallest absolute Gasteiger partial charge is 0.262 e. The van der Waals surface area contributed by atoms with Gasteiger partial charge in [0.25, 0.3) is 11.8 Å². The molecule has 124 valence electrons. The highest BCUT2D eigenvalue weighted by molar-refractivity contribution is 7.99. The van der Waals surface area contributed by atoms with Gasteiger partial charge in [-0.05, 0) is 31.2 Å². The lowest BCUT2D eigenvalue weighted by Crippen LogP contribution is -2.54. The number of rotatable bonds is 5. The number of thioether (sulfide) groups is 1. The summed E-state index contributed by atoms with van der Waals surface area (Å²) in [6.45, 7) is 1.19. The molecular formula is C18H17NO4S. The van der Waals surface area contributed by atoms with Gasteiger partial charge < -0.3 is 10.2 Å². The average molecular weight is 343 g/mol. The summed E-state index contributed by atoms with van der Waals surface area (Å²) in [7, 11) is 0. The van der Waals surface area contributed by atoms with Crippen molar-refractivity contribution < 1.29 is 19.8 Å². The number of hydrogen-bond donors (Lipinski definition) is 2. The third-order valence-electron chi connectivity index (χ3n) is 3.92. The monoisotopic (exact) mass is 343 g/mol. The van der Waals surface area contributed by atoms with E-state index in [-0.39, 0.29) is 5.75 Å². The Morgan fingerprint density at radius 3 is 1.96 bits per heavy atom. The Morgan fingerprint density at radius 2 is 1.46 bits per heavy atom. The van der Waals surface area contributed by atoms with Crippen molar-refractivity contribution in [3.05, 3.63) is 65.7 Å². The molecule has 0 bridgehead atoms. The molecule has 6 heteroatoms. The summed E-state index contributed by atoms with van der Waals surface area (Å²) in [5, 5.41) is 20.3. The first-order valence-electron chi connectivity index (χ1n) is 7.49. The normalized spacial score (nSPS) is 15.5. The second-order valence-corrected chi connectivity index (χ2v) is 6.85. The molecule has 2 aromatic rings. The number of hydrogen-bond acceptors (Lipinski definition) is 5. The van der Waals surface area contributed by atoms with E-state index in [0.29, 0.717) is 11.1 Å². The summed E-state index contributed by atoms with van der Waals surface area (Å²) in [6, 6.07) is 14.8. The molecule has 1 aliphatic rings. The van der Waals surface area contributed by atoms with Crippen LogP contribution >= 0.6 is 11.8 Å². The summed E-state index contributed by atoms with van der Waals surface area (Å²) in [5.41, 5.74) is 0.586. The van der Waals surface area contributed by atoms with Crippen LogP contribution in [0.25, 0.3) is 0 Å². The Bertz CT molecular complexity index is 735. The number of aliphatic hydroxyl groups is 2. The number of amides is 2. The van der Waals surface area contributed by atoms with Gasteiger partial charge in [0.15, 0.2) is 5.79 Å². The van der Waals surface area contributed by atoms with Crippen LogP contribution < -0.4 is 0 Å². The molecule has 3 rings (SSSR count). The van der Waals surface area contributed by atoms with Crippen LogP contribution in [0.5, 0.6) is 0 Å². The third-order valence-corrected chi connectivity index (χ3v) is 5.01. The van der Waals surface area contributed by atoms with Crippen molar-refractivity contribution in [2.24, 2.45) is 0 Å². The molecule has 1 aliphatic heterocycles. The Morgan fingerprint density at radius 1 is 0.958 bits per heavy atom. The minimum absolute atomic E-state index is 0.180. The maximum absolute atomic E-state index is 12.6. The summed E-state index contributed by atoms with van der Waals surface area (Å²) in [4.78, 5) is 27.0. The Balaban J connectivity index is 1.88. The highest BCUT2D eigenvalue weighted by Gasteiger charge is 2.46. The van der Waals surface area contributed by atoms with Gasteiger partial charge in [0.1, 0.15) is 6.04 Å². The zero-order valence-corrected chi connectivity index (χ0v) is 13.9. The van der Waals surface area contributed by atoms with E-state index in [2.05, 4.69) is 0 Å². The van der Waals surface area contributed by atoms with Gasteiger partial charge in [0.2, 0.25) is 0 Å².